The van der Waals surface area contributed by atoms with E-state index in [1.807, 2.05) is 12.1 Å². The fourth-order valence-corrected chi connectivity index (χ4v) is 2.43. The van der Waals surface area contributed by atoms with Gasteiger partial charge in [0.2, 0.25) is 0 Å². The van der Waals surface area contributed by atoms with Crippen LogP contribution in [0.4, 0.5) is 0 Å². The number of ketones is 1. The lowest BCUT2D eigenvalue weighted by molar-refractivity contribution is -0.119. The highest BCUT2D eigenvalue weighted by Gasteiger charge is 2.42. The number of carbonyl (C=O) groups excluding carboxylic acids is 1. The molecule has 18 heavy (non-hydrogen) atoms. The smallest absolute Gasteiger partial charge is 0.129 e. The Labute approximate surface area is 108 Å². The maximum absolute atomic E-state index is 11.2. The van der Waals surface area contributed by atoms with E-state index in [0.717, 1.165) is 12.2 Å². The van der Waals surface area contributed by atoms with Crippen molar-refractivity contribution in [1.29, 1.82) is 0 Å². The molecule has 0 atom stereocenters. The third-order valence-electron chi connectivity index (χ3n) is 3.64. The van der Waals surface area contributed by atoms with Gasteiger partial charge in [-0.2, -0.15) is 0 Å². The standard InChI is InChI=1S/C15H20O3/c1-11-4-5-14(17-3)13(8-11)15(9-18-10-15)7-6-12(2)16/h4-5,8H,6-7,9-10H2,1-3H3. The Bertz CT molecular complexity index is 447. The molecular weight excluding hydrogens is 228 g/mol. The highest BCUT2D eigenvalue weighted by atomic mass is 16.5. The molecule has 1 aliphatic heterocycles. The molecule has 2 rings (SSSR count). The van der Waals surface area contributed by atoms with Crippen LogP contribution in [-0.2, 0) is 14.9 Å². The predicted octanol–water partition coefficient (Wildman–Crippen LogP) is 2.64. The minimum atomic E-state index is -0.0387. The minimum absolute atomic E-state index is 0.0387. The summed E-state index contributed by atoms with van der Waals surface area (Å²) in [4.78, 5) is 11.2. The first-order valence-electron chi connectivity index (χ1n) is 6.30. The zero-order chi connectivity index (χ0) is 13.2. The van der Waals surface area contributed by atoms with Crippen LogP contribution in [0.15, 0.2) is 18.2 Å². The lowest BCUT2D eigenvalue weighted by atomic mass is 9.74. The molecular formula is C15H20O3. The van der Waals surface area contributed by atoms with Gasteiger partial charge in [0.1, 0.15) is 11.5 Å². The number of hydrogen-bond donors (Lipinski definition) is 0. The lowest BCUT2D eigenvalue weighted by Crippen LogP contribution is -2.47. The van der Waals surface area contributed by atoms with Crippen molar-refractivity contribution in [3.8, 4) is 5.75 Å². The molecule has 0 bridgehead atoms. The van der Waals surface area contributed by atoms with Crippen LogP contribution in [-0.4, -0.2) is 26.1 Å². The number of methoxy groups -OCH3 is 1. The molecule has 3 nitrogen and oxygen atoms in total. The van der Waals surface area contributed by atoms with E-state index in [9.17, 15) is 4.79 Å². The molecule has 98 valence electrons. The second kappa shape index (κ2) is 5.11. The van der Waals surface area contributed by atoms with Crippen LogP contribution < -0.4 is 4.74 Å². The predicted molar refractivity (Wildman–Crippen MR) is 70.1 cm³/mol. The van der Waals surface area contributed by atoms with Gasteiger partial charge in [0.25, 0.3) is 0 Å². The number of Topliss-reactive ketones (excluding diaryl/α,β-unsaturated/α-hetero) is 1. The van der Waals surface area contributed by atoms with Gasteiger partial charge in [-0.1, -0.05) is 17.7 Å². The molecule has 0 radical (unpaired) electrons. The Morgan fingerprint density at radius 3 is 2.67 bits per heavy atom. The van der Waals surface area contributed by atoms with Crippen molar-refractivity contribution in [1.82, 2.24) is 0 Å². The molecule has 0 saturated carbocycles. The van der Waals surface area contributed by atoms with Crippen molar-refractivity contribution >= 4 is 5.78 Å². The first kappa shape index (κ1) is 13.1. The largest absolute Gasteiger partial charge is 0.496 e. The van der Waals surface area contributed by atoms with E-state index in [1.165, 1.54) is 11.1 Å². The third-order valence-corrected chi connectivity index (χ3v) is 3.64. The van der Waals surface area contributed by atoms with Crippen LogP contribution in [0.1, 0.15) is 30.9 Å². The van der Waals surface area contributed by atoms with E-state index in [0.29, 0.717) is 19.6 Å². The van der Waals surface area contributed by atoms with E-state index in [2.05, 4.69) is 13.0 Å². The Kier molecular flexibility index (Phi) is 3.71. The highest BCUT2D eigenvalue weighted by molar-refractivity contribution is 5.75. The van der Waals surface area contributed by atoms with Gasteiger partial charge in [-0.05, 0) is 26.3 Å². The van der Waals surface area contributed by atoms with Gasteiger partial charge >= 0.3 is 0 Å². The van der Waals surface area contributed by atoms with Crippen molar-refractivity contribution in [3.05, 3.63) is 29.3 Å². The lowest BCUT2D eigenvalue weighted by Gasteiger charge is -2.42. The van der Waals surface area contributed by atoms with Crippen molar-refractivity contribution in [2.24, 2.45) is 0 Å². The van der Waals surface area contributed by atoms with Gasteiger partial charge < -0.3 is 14.3 Å². The maximum atomic E-state index is 11.2. The van der Waals surface area contributed by atoms with Crippen LogP contribution in [0.5, 0.6) is 5.75 Å². The van der Waals surface area contributed by atoms with Gasteiger partial charge in [-0.3, -0.25) is 0 Å². The average molecular weight is 248 g/mol. The molecule has 0 aromatic heterocycles. The Morgan fingerprint density at radius 1 is 1.44 bits per heavy atom. The molecule has 0 amide bonds. The summed E-state index contributed by atoms with van der Waals surface area (Å²) < 4.78 is 10.8. The Morgan fingerprint density at radius 2 is 2.17 bits per heavy atom. The molecule has 1 aromatic rings. The van der Waals surface area contributed by atoms with Crippen LogP contribution >= 0.6 is 0 Å². The van der Waals surface area contributed by atoms with Crippen molar-refractivity contribution in [2.75, 3.05) is 20.3 Å². The molecule has 1 aliphatic rings. The van der Waals surface area contributed by atoms with Gasteiger partial charge in [-0.25, -0.2) is 0 Å². The van der Waals surface area contributed by atoms with Gasteiger partial charge in [0.15, 0.2) is 0 Å². The molecule has 3 heteroatoms. The van der Waals surface area contributed by atoms with Crippen LogP contribution in [0.25, 0.3) is 0 Å². The summed E-state index contributed by atoms with van der Waals surface area (Å²) >= 11 is 0. The average Bonchev–Trinajstić information content (AvgIpc) is 2.27. The summed E-state index contributed by atoms with van der Waals surface area (Å²) in [5.41, 5.74) is 2.35. The summed E-state index contributed by atoms with van der Waals surface area (Å²) in [6, 6.07) is 6.19. The molecule has 0 unspecified atom stereocenters. The van der Waals surface area contributed by atoms with Gasteiger partial charge in [0.05, 0.1) is 20.3 Å². The molecule has 1 aromatic carbocycles. The number of rotatable bonds is 5. The summed E-state index contributed by atoms with van der Waals surface area (Å²) in [7, 11) is 1.69. The summed E-state index contributed by atoms with van der Waals surface area (Å²) in [6.07, 6.45) is 1.43. The van der Waals surface area contributed by atoms with E-state index in [-0.39, 0.29) is 11.2 Å². The summed E-state index contributed by atoms with van der Waals surface area (Å²) in [5.74, 6) is 1.13. The van der Waals surface area contributed by atoms with E-state index < -0.39 is 0 Å². The third kappa shape index (κ3) is 2.41. The van der Waals surface area contributed by atoms with Crippen LogP contribution in [0.3, 0.4) is 0 Å². The SMILES string of the molecule is COc1ccc(C)cc1C1(CCC(C)=O)COC1. The highest BCUT2D eigenvalue weighted by Crippen LogP contribution is 2.41. The second-order valence-electron chi connectivity index (χ2n) is 5.18. The van der Waals surface area contributed by atoms with Crippen LogP contribution in [0, 0.1) is 6.92 Å². The van der Waals surface area contributed by atoms with Crippen molar-refractivity contribution in [3.63, 3.8) is 0 Å². The molecule has 0 N–H and O–H groups in total. The van der Waals surface area contributed by atoms with E-state index in [4.69, 9.17) is 9.47 Å². The Balaban J connectivity index is 2.31. The number of ether oxygens (including phenoxy) is 2. The van der Waals surface area contributed by atoms with E-state index in [1.54, 1.807) is 14.0 Å². The molecule has 1 fully saturated rings. The molecule has 0 aliphatic carbocycles. The normalized spacial score (nSPS) is 17.1. The van der Waals surface area contributed by atoms with E-state index >= 15 is 0 Å². The van der Waals surface area contributed by atoms with Crippen molar-refractivity contribution in [2.45, 2.75) is 32.1 Å². The quantitative estimate of drug-likeness (QED) is 0.803. The van der Waals surface area contributed by atoms with Gasteiger partial charge in [-0.15, -0.1) is 0 Å². The zero-order valence-corrected chi connectivity index (χ0v) is 11.3. The minimum Gasteiger partial charge on any atom is -0.496 e. The number of aryl methyl sites for hydroxylation is 1. The first-order valence-corrected chi connectivity index (χ1v) is 6.30. The molecule has 0 spiro atoms. The maximum Gasteiger partial charge on any atom is 0.129 e. The molecule has 1 saturated heterocycles. The second-order valence-corrected chi connectivity index (χ2v) is 5.18. The number of carbonyl (C=O) groups is 1. The zero-order valence-electron chi connectivity index (χ0n) is 11.3. The topological polar surface area (TPSA) is 35.5 Å². The monoisotopic (exact) mass is 248 g/mol. The number of hydrogen-bond acceptors (Lipinski definition) is 3. The number of benzene rings is 1. The Hall–Kier alpha value is -1.35. The fourth-order valence-electron chi connectivity index (χ4n) is 2.43. The van der Waals surface area contributed by atoms with Gasteiger partial charge in [0, 0.05) is 17.4 Å². The fraction of sp³-hybridized carbons (Fsp3) is 0.533. The summed E-state index contributed by atoms with van der Waals surface area (Å²) in [6.45, 7) is 5.07. The van der Waals surface area contributed by atoms with Crippen molar-refractivity contribution < 1.29 is 14.3 Å². The van der Waals surface area contributed by atoms with Crippen LogP contribution in [0.2, 0.25) is 0 Å². The molecule has 1 heterocycles. The first-order chi connectivity index (χ1) is 8.57. The summed E-state index contributed by atoms with van der Waals surface area (Å²) in [5, 5.41) is 0.